The summed E-state index contributed by atoms with van der Waals surface area (Å²) in [6.45, 7) is 8.23. The molecule has 3 unspecified atom stereocenters. The Bertz CT molecular complexity index is 1240. The van der Waals surface area contributed by atoms with Gasteiger partial charge in [0.15, 0.2) is 0 Å². The van der Waals surface area contributed by atoms with Crippen LogP contribution in [-0.2, 0) is 31.7 Å². The number of fused-ring (bicyclic) bond motifs is 2. The summed E-state index contributed by atoms with van der Waals surface area (Å²) in [6, 6.07) is 17.5. The smallest absolute Gasteiger partial charge is 0.324 e. The van der Waals surface area contributed by atoms with Crippen molar-refractivity contribution in [2.75, 3.05) is 38.3 Å². The van der Waals surface area contributed by atoms with Gasteiger partial charge in [0.1, 0.15) is 11.7 Å². The van der Waals surface area contributed by atoms with Crippen molar-refractivity contribution in [1.29, 1.82) is 0 Å². The zero-order valence-corrected chi connectivity index (χ0v) is 24.9. The van der Waals surface area contributed by atoms with E-state index in [0.29, 0.717) is 6.61 Å². The van der Waals surface area contributed by atoms with Gasteiger partial charge in [-0.05, 0) is 61.9 Å². The fourth-order valence-electron chi connectivity index (χ4n) is 6.11. The van der Waals surface area contributed by atoms with Crippen LogP contribution in [0, 0.1) is 0 Å². The second-order valence-electron chi connectivity index (χ2n) is 11.2. The third kappa shape index (κ3) is 5.71. The summed E-state index contributed by atoms with van der Waals surface area (Å²) >= 11 is 4.99. The van der Waals surface area contributed by atoms with Gasteiger partial charge in [0.2, 0.25) is 0 Å². The van der Waals surface area contributed by atoms with Crippen LogP contribution in [0.2, 0.25) is 0 Å². The van der Waals surface area contributed by atoms with Crippen molar-refractivity contribution < 1.29 is 23.9 Å². The van der Waals surface area contributed by atoms with E-state index in [1.54, 1.807) is 0 Å². The second-order valence-corrected chi connectivity index (χ2v) is 14.1. The van der Waals surface area contributed by atoms with E-state index in [4.69, 9.17) is 20.9 Å². The molecule has 0 amide bonds. The average molecular weight is 558 g/mol. The Labute approximate surface area is 232 Å². The Kier molecular flexibility index (Phi) is 9.00. The molecule has 206 valence electrons. The minimum Gasteiger partial charge on any atom is -0.396 e. The standard InChI is InChI=1S/C30H41N2O4PS/c1-29(2)23-13-6-8-15-25(23)31(19-11-21-33)27(29)17-10-18-28-30(3,4)24-14-7-9-16-26(24)32(28)20-12-22-36-37(34,38)35-5/h6-10,13-18,28,33H,11-12,19-22H2,1-5H3,(H,34,38)/p+1/b18-10+,27-17+. The van der Waals surface area contributed by atoms with Gasteiger partial charge >= 0.3 is 6.72 Å². The van der Waals surface area contributed by atoms with E-state index in [2.05, 4.69) is 99.4 Å². The van der Waals surface area contributed by atoms with Crippen LogP contribution in [0.1, 0.15) is 51.7 Å². The highest BCUT2D eigenvalue weighted by Gasteiger charge is 2.47. The fourth-order valence-corrected chi connectivity index (χ4v) is 6.80. The number of anilines is 1. The molecular weight excluding hydrogens is 515 g/mol. The number of nitrogens with zero attached hydrogens (tertiary/aromatic N) is 1. The van der Waals surface area contributed by atoms with Gasteiger partial charge in [-0.2, -0.15) is 0 Å². The largest absolute Gasteiger partial charge is 0.396 e. The van der Waals surface area contributed by atoms with Gasteiger partial charge in [0, 0.05) is 49.0 Å². The van der Waals surface area contributed by atoms with Crippen LogP contribution in [0.15, 0.2) is 72.5 Å². The monoisotopic (exact) mass is 557 g/mol. The van der Waals surface area contributed by atoms with E-state index in [1.165, 1.54) is 40.2 Å². The molecule has 2 aliphatic heterocycles. The van der Waals surface area contributed by atoms with Crippen LogP contribution in [0.4, 0.5) is 11.4 Å². The molecule has 6 nitrogen and oxygen atoms in total. The Hall–Kier alpha value is -1.83. The molecule has 0 saturated carbocycles. The van der Waals surface area contributed by atoms with Crippen molar-refractivity contribution >= 4 is 29.9 Å². The molecule has 0 aromatic heterocycles. The number of aliphatic hydroxyl groups is 1. The van der Waals surface area contributed by atoms with Gasteiger partial charge in [0.25, 0.3) is 0 Å². The van der Waals surface area contributed by atoms with Gasteiger partial charge in [0.05, 0.1) is 18.6 Å². The summed E-state index contributed by atoms with van der Waals surface area (Å²) in [5, 5.41) is 9.53. The molecule has 2 aliphatic rings. The molecule has 0 radical (unpaired) electrons. The highest BCUT2D eigenvalue weighted by molar-refractivity contribution is 8.07. The molecule has 38 heavy (non-hydrogen) atoms. The van der Waals surface area contributed by atoms with Crippen molar-refractivity contribution in [2.24, 2.45) is 0 Å². The predicted octanol–water partition coefficient (Wildman–Crippen LogP) is 4.75. The molecule has 0 saturated heterocycles. The number of aliphatic hydroxyl groups excluding tert-OH is 1. The summed E-state index contributed by atoms with van der Waals surface area (Å²) in [5.74, 6) is 0. The van der Waals surface area contributed by atoms with Gasteiger partial charge in [-0.15, -0.1) is 0 Å². The highest BCUT2D eigenvalue weighted by Crippen LogP contribution is 2.47. The Morgan fingerprint density at radius 1 is 1.05 bits per heavy atom. The van der Waals surface area contributed by atoms with Gasteiger partial charge in [-0.1, -0.05) is 56.3 Å². The number of rotatable bonds is 11. The first-order valence-corrected chi connectivity index (χ1v) is 16.0. The maximum atomic E-state index is 9.95. The number of nitrogens with one attached hydrogen (secondary N) is 1. The van der Waals surface area contributed by atoms with Crippen LogP contribution in [-0.4, -0.2) is 49.5 Å². The van der Waals surface area contributed by atoms with E-state index in [-0.39, 0.29) is 23.5 Å². The van der Waals surface area contributed by atoms with Crippen LogP contribution >= 0.6 is 6.72 Å². The summed E-state index contributed by atoms with van der Waals surface area (Å²) in [4.78, 5) is 13.7. The van der Waals surface area contributed by atoms with E-state index >= 15 is 0 Å². The Morgan fingerprint density at radius 3 is 2.45 bits per heavy atom. The van der Waals surface area contributed by atoms with Crippen molar-refractivity contribution in [2.45, 2.75) is 57.4 Å². The lowest BCUT2D eigenvalue weighted by Gasteiger charge is -2.28. The molecule has 4 rings (SSSR count). The molecule has 0 aliphatic carbocycles. The SMILES string of the molecule is COP(O)(=S)OCCC[NH+]1c2ccccc2C(C)(C)C1/C=C/C=C1/N(CCCO)c2ccccc2C1(C)C. The summed E-state index contributed by atoms with van der Waals surface area (Å²) in [7, 11) is 1.38. The first kappa shape index (κ1) is 29.2. The van der Waals surface area contributed by atoms with E-state index < -0.39 is 6.72 Å². The summed E-state index contributed by atoms with van der Waals surface area (Å²) < 4.78 is 10.4. The molecule has 0 spiro atoms. The van der Waals surface area contributed by atoms with Crippen molar-refractivity contribution in [3.8, 4) is 0 Å². The third-order valence-corrected chi connectivity index (χ3v) is 9.83. The first-order valence-electron chi connectivity index (χ1n) is 13.4. The van der Waals surface area contributed by atoms with E-state index in [1.807, 2.05) is 0 Å². The minimum absolute atomic E-state index is 0.0508. The molecule has 2 heterocycles. The molecular formula is C30H42N2O4PS+. The maximum Gasteiger partial charge on any atom is 0.324 e. The fraction of sp³-hybridized carbons (Fsp3) is 0.467. The lowest BCUT2D eigenvalue weighted by atomic mass is 9.80. The lowest BCUT2D eigenvalue weighted by molar-refractivity contribution is -0.850. The van der Waals surface area contributed by atoms with Gasteiger partial charge in [-0.3, -0.25) is 4.90 Å². The minimum atomic E-state index is -3.14. The number of quaternary nitrogens is 1. The lowest BCUT2D eigenvalue weighted by Crippen LogP contribution is -3.10. The normalized spacial score (nSPS) is 24.1. The molecule has 2 aromatic rings. The molecule has 0 bridgehead atoms. The van der Waals surface area contributed by atoms with Crippen molar-refractivity contribution in [3.63, 3.8) is 0 Å². The maximum absolute atomic E-state index is 9.95. The highest BCUT2D eigenvalue weighted by atomic mass is 32.5. The van der Waals surface area contributed by atoms with Crippen LogP contribution in [0.3, 0.4) is 0 Å². The molecule has 8 heteroatoms. The van der Waals surface area contributed by atoms with Gasteiger partial charge in [-0.25, -0.2) is 0 Å². The molecule has 3 N–H and O–H groups in total. The predicted molar refractivity (Wildman–Crippen MR) is 159 cm³/mol. The molecule has 2 aromatic carbocycles. The number of allylic oxidation sites excluding steroid dienone is 3. The zero-order chi connectivity index (χ0) is 27.6. The molecule has 0 fully saturated rings. The first-order chi connectivity index (χ1) is 18.0. The second kappa shape index (κ2) is 11.7. The number of para-hydroxylation sites is 2. The van der Waals surface area contributed by atoms with Crippen LogP contribution < -0.4 is 9.80 Å². The Morgan fingerprint density at radius 2 is 1.74 bits per heavy atom. The van der Waals surface area contributed by atoms with Crippen molar-refractivity contribution in [3.05, 3.63) is 83.6 Å². The summed E-state index contributed by atoms with van der Waals surface area (Å²) in [6.07, 6.45) is 8.31. The van der Waals surface area contributed by atoms with Gasteiger partial charge < -0.3 is 23.9 Å². The van der Waals surface area contributed by atoms with E-state index in [9.17, 15) is 10.00 Å². The van der Waals surface area contributed by atoms with Crippen LogP contribution in [0.25, 0.3) is 0 Å². The number of hydrogen-bond donors (Lipinski definition) is 3. The topological polar surface area (TPSA) is 66.6 Å². The third-order valence-electron chi connectivity index (χ3n) is 8.09. The number of hydrogen-bond acceptors (Lipinski definition) is 5. The number of benzene rings is 2. The molecule has 3 atom stereocenters. The quantitative estimate of drug-likeness (QED) is 0.274. The Balaban J connectivity index is 1.61. The summed E-state index contributed by atoms with van der Waals surface area (Å²) in [5.41, 5.74) is 6.30. The zero-order valence-electron chi connectivity index (χ0n) is 23.2. The van der Waals surface area contributed by atoms with Crippen LogP contribution in [0.5, 0.6) is 0 Å². The average Bonchev–Trinajstić information content (AvgIpc) is 3.24. The van der Waals surface area contributed by atoms with E-state index in [0.717, 1.165) is 25.9 Å². The van der Waals surface area contributed by atoms with Crippen molar-refractivity contribution in [1.82, 2.24) is 0 Å².